The summed E-state index contributed by atoms with van der Waals surface area (Å²) in [6.45, 7) is 0.933. The SMILES string of the molecule is Cc1ccc(C(=O)N(CC(=O)O)CC(F)(F)F)cc1C. The van der Waals surface area contributed by atoms with Crippen molar-refractivity contribution in [1.82, 2.24) is 4.90 Å². The van der Waals surface area contributed by atoms with Gasteiger partial charge in [-0.3, -0.25) is 9.59 Å². The number of benzene rings is 1. The zero-order valence-corrected chi connectivity index (χ0v) is 11.0. The number of nitrogens with zero attached hydrogens (tertiary/aromatic N) is 1. The Kier molecular flexibility index (Phi) is 4.75. The highest BCUT2D eigenvalue weighted by Gasteiger charge is 2.34. The fourth-order valence-electron chi connectivity index (χ4n) is 1.64. The van der Waals surface area contributed by atoms with Crippen molar-refractivity contribution in [2.24, 2.45) is 0 Å². The fourth-order valence-corrected chi connectivity index (χ4v) is 1.64. The van der Waals surface area contributed by atoms with E-state index in [1.807, 2.05) is 0 Å². The summed E-state index contributed by atoms with van der Waals surface area (Å²) in [4.78, 5) is 22.8. The normalized spacial score (nSPS) is 11.2. The van der Waals surface area contributed by atoms with Crippen molar-refractivity contribution >= 4 is 11.9 Å². The third kappa shape index (κ3) is 4.56. The smallest absolute Gasteiger partial charge is 0.406 e. The first kappa shape index (κ1) is 16.0. The van der Waals surface area contributed by atoms with Gasteiger partial charge < -0.3 is 10.0 Å². The molecule has 1 aromatic carbocycles. The van der Waals surface area contributed by atoms with E-state index >= 15 is 0 Å². The molecule has 1 aromatic rings. The molecule has 0 aliphatic carbocycles. The number of aryl methyl sites for hydroxylation is 2. The minimum atomic E-state index is -4.65. The van der Waals surface area contributed by atoms with Crippen LogP contribution in [0.4, 0.5) is 13.2 Å². The molecule has 0 aromatic heterocycles. The summed E-state index contributed by atoms with van der Waals surface area (Å²) in [5.74, 6) is -2.45. The molecular formula is C13H14F3NO3. The van der Waals surface area contributed by atoms with E-state index in [4.69, 9.17) is 5.11 Å². The van der Waals surface area contributed by atoms with E-state index in [1.165, 1.54) is 12.1 Å². The number of rotatable bonds is 4. The summed E-state index contributed by atoms with van der Waals surface area (Å²) in [5.41, 5.74) is 1.68. The molecule has 1 N–H and O–H groups in total. The van der Waals surface area contributed by atoms with Crippen LogP contribution in [-0.4, -0.2) is 41.1 Å². The average molecular weight is 289 g/mol. The standard InChI is InChI=1S/C13H14F3NO3/c1-8-3-4-10(5-9(8)2)12(20)17(6-11(18)19)7-13(14,15)16/h3-5H,6-7H2,1-2H3,(H,18,19). The minimum absolute atomic E-state index is 0.0404. The Morgan fingerprint density at radius 3 is 2.25 bits per heavy atom. The van der Waals surface area contributed by atoms with E-state index in [0.717, 1.165) is 11.1 Å². The number of alkyl halides is 3. The van der Waals surface area contributed by atoms with Crippen LogP contribution in [0.15, 0.2) is 18.2 Å². The third-order valence-corrected chi connectivity index (χ3v) is 2.74. The summed E-state index contributed by atoms with van der Waals surface area (Å²) < 4.78 is 37.2. The second-order valence-corrected chi connectivity index (χ2v) is 4.47. The molecule has 1 rings (SSSR count). The van der Waals surface area contributed by atoms with Gasteiger partial charge in [0.05, 0.1) is 0 Å². The molecule has 0 saturated carbocycles. The average Bonchev–Trinajstić information content (AvgIpc) is 2.28. The maximum absolute atomic E-state index is 12.4. The lowest BCUT2D eigenvalue weighted by Crippen LogP contribution is -2.42. The molecule has 7 heteroatoms. The molecule has 20 heavy (non-hydrogen) atoms. The highest BCUT2D eigenvalue weighted by atomic mass is 19.4. The molecule has 0 fully saturated rings. The number of carbonyl (C=O) groups is 2. The number of halogens is 3. The van der Waals surface area contributed by atoms with Crippen LogP contribution in [0.25, 0.3) is 0 Å². The molecule has 0 unspecified atom stereocenters. The van der Waals surface area contributed by atoms with Gasteiger partial charge in [0.2, 0.25) is 0 Å². The van der Waals surface area contributed by atoms with Crippen LogP contribution < -0.4 is 0 Å². The molecule has 110 valence electrons. The summed E-state index contributed by atoms with van der Waals surface area (Å²) in [6.07, 6.45) is -4.65. The Morgan fingerprint density at radius 2 is 1.80 bits per heavy atom. The molecule has 0 atom stereocenters. The van der Waals surface area contributed by atoms with E-state index in [9.17, 15) is 22.8 Å². The molecule has 0 aliphatic heterocycles. The lowest BCUT2D eigenvalue weighted by atomic mass is 10.1. The van der Waals surface area contributed by atoms with Crippen molar-refractivity contribution in [3.8, 4) is 0 Å². The van der Waals surface area contributed by atoms with Crippen LogP contribution in [0.1, 0.15) is 21.5 Å². The van der Waals surface area contributed by atoms with Gasteiger partial charge in [-0.25, -0.2) is 0 Å². The van der Waals surface area contributed by atoms with Gasteiger partial charge in [-0.1, -0.05) is 6.07 Å². The Labute approximate surface area is 113 Å². The molecule has 0 radical (unpaired) electrons. The maximum atomic E-state index is 12.4. The van der Waals surface area contributed by atoms with Crippen molar-refractivity contribution in [2.45, 2.75) is 20.0 Å². The van der Waals surface area contributed by atoms with E-state index in [2.05, 4.69) is 0 Å². The van der Waals surface area contributed by atoms with E-state index in [1.54, 1.807) is 19.9 Å². The molecule has 0 bridgehead atoms. The summed E-state index contributed by atoms with van der Waals surface area (Å²) in [6, 6.07) is 4.44. The number of aliphatic carboxylic acids is 1. The van der Waals surface area contributed by atoms with Crippen molar-refractivity contribution < 1.29 is 27.9 Å². The summed E-state index contributed by atoms with van der Waals surface area (Å²) in [5, 5.41) is 8.61. The first-order chi connectivity index (χ1) is 9.10. The Hall–Kier alpha value is -2.05. The number of amides is 1. The Morgan fingerprint density at radius 1 is 1.20 bits per heavy atom. The van der Waals surface area contributed by atoms with Crippen molar-refractivity contribution in [1.29, 1.82) is 0 Å². The highest BCUT2D eigenvalue weighted by molar-refractivity contribution is 5.96. The highest BCUT2D eigenvalue weighted by Crippen LogP contribution is 2.19. The van der Waals surface area contributed by atoms with Gasteiger partial charge in [0.15, 0.2) is 0 Å². The number of carboxylic acid groups (broad SMARTS) is 1. The van der Waals surface area contributed by atoms with Crippen LogP contribution in [0.3, 0.4) is 0 Å². The maximum Gasteiger partial charge on any atom is 0.406 e. The zero-order chi connectivity index (χ0) is 15.5. The molecule has 4 nitrogen and oxygen atoms in total. The first-order valence-electron chi connectivity index (χ1n) is 5.75. The van der Waals surface area contributed by atoms with Crippen LogP contribution in [0, 0.1) is 13.8 Å². The Bertz CT molecular complexity index is 526. The van der Waals surface area contributed by atoms with Gasteiger partial charge >= 0.3 is 12.1 Å². The monoisotopic (exact) mass is 289 g/mol. The van der Waals surface area contributed by atoms with E-state index < -0.39 is 31.1 Å². The van der Waals surface area contributed by atoms with Crippen LogP contribution in [0.2, 0.25) is 0 Å². The van der Waals surface area contributed by atoms with Crippen LogP contribution >= 0.6 is 0 Å². The third-order valence-electron chi connectivity index (χ3n) is 2.74. The molecule has 0 heterocycles. The van der Waals surface area contributed by atoms with Crippen molar-refractivity contribution in [2.75, 3.05) is 13.1 Å². The zero-order valence-electron chi connectivity index (χ0n) is 11.0. The molecule has 1 amide bonds. The van der Waals surface area contributed by atoms with Gasteiger partial charge in [-0.15, -0.1) is 0 Å². The van der Waals surface area contributed by atoms with Gasteiger partial charge in [0.25, 0.3) is 5.91 Å². The fraction of sp³-hybridized carbons (Fsp3) is 0.385. The lowest BCUT2D eigenvalue weighted by Gasteiger charge is -2.22. The van der Waals surface area contributed by atoms with Crippen molar-refractivity contribution in [3.63, 3.8) is 0 Å². The number of hydrogen-bond acceptors (Lipinski definition) is 2. The van der Waals surface area contributed by atoms with Gasteiger partial charge in [-0.2, -0.15) is 13.2 Å². The number of carbonyl (C=O) groups excluding carboxylic acids is 1. The predicted octanol–water partition coefficient (Wildman–Crippen LogP) is 2.39. The van der Waals surface area contributed by atoms with Crippen LogP contribution in [0.5, 0.6) is 0 Å². The van der Waals surface area contributed by atoms with E-state index in [-0.39, 0.29) is 10.5 Å². The second-order valence-electron chi connectivity index (χ2n) is 4.47. The minimum Gasteiger partial charge on any atom is -0.480 e. The Balaban J connectivity index is 3.02. The first-order valence-corrected chi connectivity index (χ1v) is 5.75. The molecule has 0 spiro atoms. The lowest BCUT2D eigenvalue weighted by molar-refractivity contribution is -0.149. The molecule has 0 saturated heterocycles. The topological polar surface area (TPSA) is 57.6 Å². The number of hydrogen-bond donors (Lipinski definition) is 1. The van der Waals surface area contributed by atoms with E-state index in [0.29, 0.717) is 0 Å². The summed E-state index contributed by atoms with van der Waals surface area (Å²) >= 11 is 0. The second kappa shape index (κ2) is 5.94. The quantitative estimate of drug-likeness (QED) is 0.926. The predicted molar refractivity (Wildman–Crippen MR) is 65.5 cm³/mol. The van der Waals surface area contributed by atoms with Gasteiger partial charge in [0, 0.05) is 5.56 Å². The number of carboxylic acids is 1. The van der Waals surface area contributed by atoms with Crippen LogP contribution in [-0.2, 0) is 4.79 Å². The van der Waals surface area contributed by atoms with Crippen molar-refractivity contribution in [3.05, 3.63) is 34.9 Å². The molecular weight excluding hydrogens is 275 g/mol. The largest absolute Gasteiger partial charge is 0.480 e. The van der Waals surface area contributed by atoms with Gasteiger partial charge in [-0.05, 0) is 37.1 Å². The summed E-state index contributed by atoms with van der Waals surface area (Å²) in [7, 11) is 0. The van der Waals surface area contributed by atoms with Gasteiger partial charge in [0.1, 0.15) is 13.1 Å². The molecule has 0 aliphatic rings.